The number of fused-ring (bicyclic) bond motifs is 1. The van der Waals surface area contributed by atoms with Gasteiger partial charge in [0.1, 0.15) is 5.56 Å². The molecule has 1 aliphatic heterocycles. The van der Waals surface area contributed by atoms with Crippen molar-refractivity contribution in [3.05, 3.63) is 11.6 Å². The Labute approximate surface area is 90.3 Å². The third-order valence-corrected chi connectivity index (χ3v) is 2.45. The number of furan rings is 2. The first-order chi connectivity index (χ1) is 7.70. The van der Waals surface area contributed by atoms with Gasteiger partial charge in [0.2, 0.25) is 11.5 Å². The van der Waals surface area contributed by atoms with Gasteiger partial charge in [0.15, 0.2) is 11.2 Å². The molecule has 0 saturated heterocycles. The number of carbonyl (C=O) groups is 2. The summed E-state index contributed by atoms with van der Waals surface area (Å²) in [6.45, 7) is 1.88. The van der Waals surface area contributed by atoms with E-state index in [0.717, 1.165) is 0 Å². The lowest BCUT2D eigenvalue weighted by Crippen LogP contribution is -2.07. The number of rotatable bonds is 3. The summed E-state index contributed by atoms with van der Waals surface area (Å²) in [5.41, 5.74) is 1.16. The van der Waals surface area contributed by atoms with Crippen molar-refractivity contribution in [2.24, 2.45) is 0 Å². The molecule has 0 unspecified atom stereocenters. The molecule has 0 amide bonds. The minimum absolute atomic E-state index is 0.225. The van der Waals surface area contributed by atoms with Gasteiger partial charge in [-0.2, -0.15) is 0 Å². The minimum Gasteiger partial charge on any atom is -0.448 e. The van der Waals surface area contributed by atoms with Crippen LogP contribution in [0.2, 0.25) is 0 Å². The molecule has 2 aromatic heterocycles. The molecule has 0 aromatic carbocycles. The van der Waals surface area contributed by atoms with E-state index >= 15 is 0 Å². The standard InChI is InChI=1S/C11H8O5/c1-2-3-7(12)15-9-6-4-5-8(14-6)10(9)16-11(5)13/h4H,2-3H2,1H3. The topological polar surface area (TPSA) is 65.7 Å². The number of hydrogen-bond acceptors (Lipinski definition) is 5. The normalized spacial score (nSPS) is 13.4. The first-order valence-electron chi connectivity index (χ1n) is 5.02. The highest BCUT2D eigenvalue weighted by molar-refractivity contribution is 6.10. The Hall–Kier alpha value is -2.04. The van der Waals surface area contributed by atoms with Gasteiger partial charge in [-0.05, 0) is 6.42 Å². The summed E-state index contributed by atoms with van der Waals surface area (Å²) < 4.78 is 15.3. The van der Waals surface area contributed by atoms with Crippen molar-refractivity contribution >= 4 is 23.1 Å². The van der Waals surface area contributed by atoms with Gasteiger partial charge >= 0.3 is 11.9 Å². The van der Waals surface area contributed by atoms with Crippen molar-refractivity contribution in [1.82, 2.24) is 0 Å². The molecule has 2 bridgehead atoms. The molecule has 0 fully saturated rings. The van der Waals surface area contributed by atoms with Crippen LogP contribution in [0.4, 0.5) is 0 Å². The Bertz CT molecular complexity index is 580. The molecule has 5 nitrogen and oxygen atoms in total. The summed E-state index contributed by atoms with van der Waals surface area (Å²) in [5.74, 6) is -0.348. The molecule has 0 saturated carbocycles. The summed E-state index contributed by atoms with van der Waals surface area (Å²) in [6.07, 6.45) is 1.03. The van der Waals surface area contributed by atoms with Crippen LogP contribution in [0.15, 0.2) is 10.5 Å². The van der Waals surface area contributed by atoms with Crippen LogP contribution < -0.4 is 9.47 Å². The number of ether oxygens (including phenoxy) is 2. The average Bonchev–Trinajstić information content (AvgIpc) is 2.82. The van der Waals surface area contributed by atoms with Crippen molar-refractivity contribution < 1.29 is 23.5 Å². The van der Waals surface area contributed by atoms with E-state index < -0.39 is 5.97 Å². The lowest BCUT2D eigenvalue weighted by molar-refractivity contribution is -0.134. The largest absolute Gasteiger partial charge is 0.448 e. The molecule has 0 radical (unpaired) electrons. The molecule has 3 heterocycles. The molecular weight excluding hydrogens is 212 g/mol. The van der Waals surface area contributed by atoms with Crippen LogP contribution in [-0.4, -0.2) is 11.9 Å². The highest BCUT2D eigenvalue weighted by Crippen LogP contribution is 2.49. The van der Waals surface area contributed by atoms with Crippen LogP contribution in [-0.2, 0) is 4.79 Å². The molecule has 0 N–H and O–H groups in total. The van der Waals surface area contributed by atoms with Gasteiger partial charge in [-0.25, -0.2) is 4.79 Å². The molecule has 0 aliphatic carbocycles. The van der Waals surface area contributed by atoms with E-state index in [4.69, 9.17) is 13.9 Å². The van der Waals surface area contributed by atoms with Gasteiger partial charge in [-0.1, -0.05) is 6.92 Å². The Morgan fingerprint density at radius 3 is 3.06 bits per heavy atom. The van der Waals surface area contributed by atoms with Gasteiger partial charge in [-0.15, -0.1) is 0 Å². The molecule has 1 aliphatic rings. The molecule has 5 heteroatoms. The molecule has 3 rings (SSSR count). The Kier molecular flexibility index (Phi) is 1.71. The van der Waals surface area contributed by atoms with Crippen LogP contribution in [0, 0.1) is 0 Å². The smallest absolute Gasteiger partial charge is 0.347 e. The number of carbonyl (C=O) groups excluding carboxylic acids is 2. The second-order valence-corrected chi connectivity index (χ2v) is 3.63. The highest BCUT2D eigenvalue weighted by atomic mass is 16.6. The van der Waals surface area contributed by atoms with E-state index in [-0.39, 0.29) is 17.5 Å². The van der Waals surface area contributed by atoms with E-state index in [1.807, 2.05) is 6.92 Å². The maximum absolute atomic E-state index is 11.3. The SMILES string of the molecule is CCCC(=O)Oc1c2c3oc1cc3C(=O)O2. The van der Waals surface area contributed by atoms with Crippen LogP contribution in [0.3, 0.4) is 0 Å². The maximum Gasteiger partial charge on any atom is 0.347 e. The van der Waals surface area contributed by atoms with Gasteiger partial charge in [0, 0.05) is 12.5 Å². The summed E-state index contributed by atoms with van der Waals surface area (Å²) in [5, 5.41) is 0. The summed E-state index contributed by atoms with van der Waals surface area (Å²) in [4.78, 5) is 22.6. The fraction of sp³-hybridized carbons (Fsp3) is 0.273. The maximum atomic E-state index is 11.3. The lowest BCUT2D eigenvalue weighted by atomic mass is 10.2. The van der Waals surface area contributed by atoms with Gasteiger partial charge < -0.3 is 13.9 Å². The third-order valence-electron chi connectivity index (χ3n) is 2.45. The van der Waals surface area contributed by atoms with Crippen molar-refractivity contribution in [2.45, 2.75) is 19.8 Å². The van der Waals surface area contributed by atoms with E-state index in [9.17, 15) is 9.59 Å². The van der Waals surface area contributed by atoms with E-state index in [2.05, 4.69) is 0 Å². The Morgan fingerprint density at radius 1 is 1.50 bits per heavy atom. The number of benzene rings is 1. The number of esters is 2. The Morgan fingerprint density at radius 2 is 2.31 bits per heavy atom. The summed E-state index contributed by atoms with van der Waals surface area (Å²) >= 11 is 0. The molecule has 0 spiro atoms. The quantitative estimate of drug-likeness (QED) is 0.585. The van der Waals surface area contributed by atoms with E-state index in [0.29, 0.717) is 29.6 Å². The highest BCUT2D eigenvalue weighted by Gasteiger charge is 2.36. The van der Waals surface area contributed by atoms with Crippen LogP contribution in [0.25, 0.3) is 11.2 Å². The second-order valence-electron chi connectivity index (χ2n) is 3.63. The first kappa shape index (κ1) is 9.21. The first-order valence-corrected chi connectivity index (χ1v) is 5.02. The zero-order valence-corrected chi connectivity index (χ0v) is 8.53. The summed E-state index contributed by atoms with van der Waals surface area (Å²) in [6, 6.07) is 1.53. The average molecular weight is 220 g/mol. The fourth-order valence-corrected chi connectivity index (χ4v) is 1.74. The minimum atomic E-state index is -0.457. The van der Waals surface area contributed by atoms with Crippen LogP contribution >= 0.6 is 0 Å². The lowest BCUT2D eigenvalue weighted by Gasteiger charge is -2.01. The monoisotopic (exact) mass is 220 g/mol. The zero-order chi connectivity index (χ0) is 11.3. The summed E-state index contributed by atoms with van der Waals surface area (Å²) in [7, 11) is 0. The predicted molar refractivity (Wildman–Crippen MR) is 52.9 cm³/mol. The van der Waals surface area contributed by atoms with E-state index in [1.165, 1.54) is 6.07 Å². The number of hydrogen-bond donors (Lipinski definition) is 0. The zero-order valence-electron chi connectivity index (χ0n) is 8.53. The third kappa shape index (κ3) is 1.05. The van der Waals surface area contributed by atoms with E-state index in [1.54, 1.807) is 0 Å². The fourth-order valence-electron chi connectivity index (χ4n) is 1.74. The molecule has 16 heavy (non-hydrogen) atoms. The molecular formula is C11H8O5. The van der Waals surface area contributed by atoms with Crippen molar-refractivity contribution in [1.29, 1.82) is 0 Å². The van der Waals surface area contributed by atoms with Crippen LogP contribution in [0.5, 0.6) is 11.5 Å². The molecule has 2 aromatic rings. The van der Waals surface area contributed by atoms with Gasteiger partial charge in [0.25, 0.3) is 0 Å². The second kappa shape index (κ2) is 2.98. The van der Waals surface area contributed by atoms with Gasteiger partial charge in [-0.3, -0.25) is 4.79 Å². The van der Waals surface area contributed by atoms with Gasteiger partial charge in [0.05, 0.1) is 0 Å². The molecule has 82 valence electrons. The molecule has 0 atom stereocenters. The Balaban J connectivity index is 1.96. The van der Waals surface area contributed by atoms with Crippen LogP contribution in [0.1, 0.15) is 30.1 Å². The predicted octanol–water partition coefficient (Wildman–Crippen LogP) is 2.11. The van der Waals surface area contributed by atoms with Crippen molar-refractivity contribution in [3.63, 3.8) is 0 Å². The van der Waals surface area contributed by atoms with Crippen molar-refractivity contribution in [3.8, 4) is 11.5 Å². The van der Waals surface area contributed by atoms with Crippen molar-refractivity contribution in [2.75, 3.05) is 0 Å².